The van der Waals surface area contributed by atoms with Crippen LogP contribution in [0, 0.1) is 5.92 Å². The zero-order valence-electron chi connectivity index (χ0n) is 14.9. The third-order valence-corrected chi connectivity index (χ3v) is 6.56. The Morgan fingerprint density at radius 3 is 2.28 bits per heavy atom. The van der Waals surface area contributed by atoms with Crippen molar-refractivity contribution < 1.29 is 22.7 Å². The van der Waals surface area contributed by atoms with Crippen molar-refractivity contribution >= 4 is 22.0 Å². The average Bonchev–Trinajstić information content (AvgIpc) is 2.52. The van der Waals surface area contributed by atoms with Crippen LogP contribution in [0.25, 0.3) is 0 Å². The molecule has 1 aliphatic heterocycles. The highest BCUT2D eigenvalue weighted by Crippen LogP contribution is 2.30. The van der Waals surface area contributed by atoms with Gasteiger partial charge in [0, 0.05) is 12.1 Å². The molecule has 4 unspecified atom stereocenters. The summed E-state index contributed by atoms with van der Waals surface area (Å²) < 4.78 is 31.9. The minimum absolute atomic E-state index is 0.195. The van der Waals surface area contributed by atoms with Gasteiger partial charge in [0.1, 0.15) is 6.29 Å². The van der Waals surface area contributed by atoms with Crippen LogP contribution in [0.1, 0.15) is 46.0 Å². The van der Waals surface area contributed by atoms with Crippen LogP contribution in [0.15, 0.2) is 0 Å². The summed E-state index contributed by atoms with van der Waals surface area (Å²) in [4.78, 5) is 24.0. The topological polar surface area (TPSA) is 126 Å². The maximum absolute atomic E-state index is 12.6. The Hall–Kier alpha value is -1.39. The Morgan fingerprint density at radius 1 is 1.08 bits per heavy atom. The highest BCUT2D eigenvalue weighted by molar-refractivity contribution is 7.90. The van der Waals surface area contributed by atoms with Crippen molar-refractivity contribution in [2.75, 3.05) is 7.11 Å². The van der Waals surface area contributed by atoms with Crippen LogP contribution >= 0.6 is 0 Å². The molecule has 144 valence electrons. The molecule has 10 heteroatoms. The van der Waals surface area contributed by atoms with E-state index in [1.807, 2.05) is 18.6 Å². The fourth-order valence-corrected chi connectivity index (χ4v) is 5.25. The molecule has 2 amide bonds. The summed E-state index contributed by atoms with van der Waals surface area (Å²) in [6.07, 6.45) is 2.63. The number of hydrogen-bond donors (Lipinski definition) is 4. The number of ether oxygens (including phenoxy) is 1. The number of urea groups is 1. The number of sulfonamides is 1. The first kappa shape index (κ1) is 19.9. The van der Waals surface area contributed by atoms with Gasteiger partial charge >= 0.3 is 12.0 Å². The summed E-state index contributed by atoms with van der Waals surface area (Å²) in [7, 11) is -2.74. The predicted molar refractivity (Wildman–Crippen MR) is 91.9 cm³/mol. The highest BCUT2D eigenvalue weighted by atomic mass is 32.2. The lowest BCUT2D eigenvalue weighted by Crippen LogP contribution is -2.65. The lowest BCUT2D eigenvalue weighted by molar-refractivity contribution is -0.146. The second-order valence-electron chi connectivity index (χ2n) is 6.88. The first-order valence-electron chi connectivity index (χ1n) is 8.65. The van der Waals surface area contributed by atoms with Gasteiger partial charge in [-0.1, -0.05) is 12.8 Å². The maximum atomic E-state index is 12.6. The van der Waals surface area contributed by atoms with Crippen LogP contribution in [0.4, 0.5) is 4.79 Å². The number of rotatable bonds is 4. The quantitative estimate of drug-likeness (QED) is 0.509. The SMILES string of the molecule is COC(=O)C1CCCCC1S(=O)(=O)NC(=O)NC1NC(C)CC(C)N1. The van der Waals surface area contributed by atoms with Gasteiger partial charge in [0.15, 0.2) is 0 Å². The summed E-state index contributed by atoms with van der Waals surface area (Å²) in [6, 6.07) is -0.430. The van der Waals surface area contributed by atoms with Crippen molar-refractivity contribution in [1.29, 1.82) is 0 Å². The number of amides is 2. The number of nitrogens with one attached hydrogen (secondary N) is 4. The second kappa shape index (κ2) is 8.33. The van der Waals surface area contributed by atoms with E-state index in [0.717, 1.165) is 12.8 Å². The number of methoxy groups -OCH3 is 1. The smallest absolute Gasteiger partial charge is 0.330 e. The van der Waals surface area contributed by atoms with Crippen LogP contribution in [-0.4, -0.2) is 51.2 Å². The van der Waals surface area contributed by atoms with E-state index >= 15 is 0 Å². The van der Waals surface area contributed by atoms with E-state index in [4.69, 9.17) is 4.74 Å². The van der Waals surface area contributed by atoms with Crippen LogP contribution in [0.5, 0.6) is 0 Å². The molecular formula is C15H28N4O5S. The van der Waals surface area contributed by atoms with Crippen molar-refractivity contribution in [3.63, 3.8) is 0 Å². The van der Waals surface area contributed by atoms with E-state index in [1.165, 1.54) is 7.11 Å². The second-order valence-corrected chi connectivity index (χ2v) is 8.78. The van der Waals surface area contributed by atoms with Gasteiger partial charge in [-0.05, 0) is 33.1 Å². The lowest BCUT2D eigenvalue weighted by atomic mass is 9.89. The summed E-state index contributed by atoms with van der Waals surface area (Å²) in [5, 5.41) is 7.87. The molecule has 4 N–H and O–H groups in total. The zero-order chi connectivity index (χ0) is 18.6. The fourth-order valence-electron chi connectivity index (χ4n) is 3.62. The predicted octanol–water partition coefficient (Wildman–Crippen LogP) is -0.00930. The molecule has 1 saturated carbocycles. The maximum Gasteiger partial charge on any atom is 0.330 e. The molecule has 2 rings (SSSR count). The number of carbonyl (C=O) groups is 2. The Bertz CT molecular complexity index is 587. The molecule has 0 aromatic carbocycles. The number of carbonyl (C=O) groups excluding carboxylic acids is 2. The van der Waals surface area contributed by atoms with Gasteiger partial charge in [-0.15, -0.1) is 0 Å². The third kappa shape index (κ3) is 5.29. The van der Waals surface area contributed by atoms with Gasteiger partial charge in [-0.25, -0.2) is 17.9 Å². The van der Waals surface area contributed by atoms with Gasteiger partial charge in [-0.2, -0.15) is 0 Å². The molecule has 2 aliphatic rings. The van der Waals surface area contributed by atoms with E-state index in [0.29, 0.717) is 19.3 Å². The van der Waals surface area contributed by atoms with Gasteiger partial charge in [0.05, 0.1) is 18.3 Å². The number of esters is 1. The van der Waals surface area contributed by atoms with Crippen LogP contribution < -0.4 is 20.7 Å². The molecule has 2 fully saturated rings. The van der Waals surface area contributed by atoms with Gasteiger partial charge in [-0.3, -0.25) is 15.4 Å². The zero-order valence-corrected chi connectivity index (χ0v) is 15.7. The van der Waals surface area contributed by atoms with E-state index in [2.05, 4.69) is 16.0 Å². The Morgan fingerprint density at radius 2 is 1.68 bits per heavy atom. The summed E-state index contributed by atoms with van der Waals surface area (Å²) in [6.45, 7) is 3.98. The normalized spacial score (nSPS) is 33.3. The fraction of sp³-hybridized carbons (Fsp3) is 0.867. The van der Waals surface area contributed by atoms with Crippen molar-refractivity contribution in [2.45, 2.75) is 69.6 Å². The summed E-state index contributed by atoms with van der Waals surface area (Å²) in [5.74, 6) is -1.29. The molecule has 0 bridgehead atoms. The molecule has 0 radical (unpaired) electrons. The number of hydrogen-bond acceptors (Lipinski definition) is 7. The lowest BCUT2D eigenvalue weighted by Gasteiger charge is -2.35. The molecule has 0 aromatic rings. The first-order chi connectivity index (χ1) is 11.7. The molecule has 4 atom stereocenters. The molecule has 1 aliphatic carbocycles. The van der Waals surface area contributed by atoms with Crippen LogP contribution in [0.3, 0.4) is 0 Å². The van der Waals surface area contributed by atoms with E-state index in [-0.39, 0.29) is 12.1 Å². The van der Waals surface area contributed by atoms with Gasteiger partial charge in [0.2, 0.25) is 10.0 Å². The van der Waals surface area contributed by atoms with E-state index in [9.17, 15) is 18.0 Å². The van der Waals surface area contributed by atoms with Crippen molar-refractivity contribution in [1.82, 2.24) is 20.7 Å². The van der Waals surface area contributed by atoms with Crippen molar-refractivity contribution in [3.05, 3.63) is 0 Å². The van der Waals surface area contributed by atoms with Gasteiger partial charge < -0.3 is 10.1 Å². The minimum atomic E-state index is -3.98. The Balaban J connectivity index is 1.99. The molecule has 1 saturated heterocycles. The summed E-state index contributed by atoms with van der Waals surface area (Å²) in [5.41, 5.74) is 0. The Kier molecular flexibility index (Phi) is 6.64. The van der Waals surface area contributed by atoms with Crippen molar-refractivity contribution in [3.8, 4) is 0 Å². The van der Waals surface area contributed by atoms with Crippen molar-refractivity contribution in [2.24, 2.45) is 5.92 Å². The molecular weight excluding hydrogens is 348 g/mol. The van der Waals surface area contributed by atoms with E-state index in [1.54, 1.807) is 0 Å². The first-order valence-corrected chi connectivity index (χ1v) is 10.2. The van der Waals surface area contributed by atoms with E-state index < -0.39 is 39.5 Å². The van der Waals surface area contributed by atoms with Gasteiger partial charge in [0.25, 0.3) is 0 Å². The van der Waals surface area contributed by atoms with Crippen LogP contribution in [0.2, 0.25) is 0 Å². The molecule has 1 heterocycles. The molecule has 0 spiro atoms. The average molecular weight is 376 g/mol. The standard InChI is InChI=1S/C15H28N4O5S/c1-9-8-10(2)17-14(16-9)18-15(21)19-25(22,23)12-7-5-4-6-11(12)13(20)24-3/h9-12,14,16-17H,4-8H2,1-3H3,(H2,18,19,21). The molecule has 9 nitrogen and oxygen atoms in total. The van der Waals surface area contributed by atoms with Crippen LogP contribution in [-0.2, 0) is 19.6 Å². The highest BCUT2D eigenvalue weighted by Gasteiger charge is 2.41. The monoisotopic (exact) mass is 376 g/mol. The molecule has 25 heavy (non-hydrogen) atoms. The minimum Gasteiger partial charge on any atom is -0.469 e. The Labute approximate surface area is 148 Å². The third-order valence-electron chi connectivity index (χ3n) is 4.72. The summed E-state index contributed by atoms with van der Waals surface area (Å²) >= 11 is 0. The largest absolute Gasteiger partial charge is 0.469 e. The molecule has 0 aromatic heterocycles.